The van der Waals surface area contributed by atoms with Crippen molar-refractivity contribution in [3.05, 3.63) is 65.7 Å². The van der Waals surface area contributed by atoms with Crippen LogP contribution >= 0.6 is 24.0 Å². The molecule has 0 radical (unpaired) electrons. The van der Waals surface area contributed by atoms with Crippen molar-refractivity contribution in [3.8, 4) is 5.75 Å². The standard InChI is InChI=1S/C20H27N3O.HI/c1-16(18-12-8-9-13-19(18)24-4)14-21-20(23(2)3)22-15-17-10-6-5-7-11-17;/h5-13,16H,14-15H2,1-4H3,(H,21,22);1H. The molecule has 1 unspecified atom stereocenters. The van der Waals surface area contributed by atoms with Crippen molar-refractivity contribution in [2.24, 2.45) is 4.99 Å². The third kappa shape index (κ3) is 6.57. The maximum atomic E-state index is 5.46. The van der Waals surface area contributed by atoms with E-state index in [4.69, 9.17) is 9.73 Å². The van der Waals surface area contributed by atoms with Gasteiger partial charge in [0.15, 0.2) is 5.96 Å². The lowest BCUT2D eigenvalue weighted by molar-refractivity contribution is 0.406. The van der Waals surface area contributed by atoms with E-state index >= 15 is 0 Å². The molecule has 0 bridgehead atoms. The molecule has 136 valence electrons. The highest BCUT2D eigenvalue weighted by Crippen LogP contribution is 2.25. The van der Waals surface area contributed by atoms with E-state index < -0.39 is 0 Å². The maximum absolute atomic E-state index is 5.46. The van der Waals surface area contributed by atoms with Gasteiger partial charge in [0.05, 0.1) is 13.7 Å². The van der Waals surface area contributed by atoms with Gasteiger partial charge in [-0.1, -0.05) is 55.5 Å². The number of para-hydroxylation sites is 1. The molecule has 0 amide bonds. The Morgan fingerprint density at radius 2 is 1.72 bits per heavy atom. The molecule has 0 aliphatic carbocycles. The topological polar surface area (TPSA) is 36.9 Å². The fraction of sp³-hybridized carbons (Fsp3) is 0.350. The van der Waals surface area contributed by atoms with Gasteiger partial charge in [0.1, 0.15) is 5.75 Å². The van der Waals surface area contributed by atoms with E-state index in [0.717, 1.165) is 18.3 Å². The highest BCUT2D eigenvalue weighted by Gasteiger charge is 2.12. The molecule has 0 heterocycles. The predicted octanol–water partition coefficient (Wildman–Crippen LogP) is 4.12. The smallest absolute Gasteiger partial charge is 0.193 e. The van der Waals surface area contributed by atoms with Crippen molar-refractivity contribution in [2.45, 2.75) is 19.4 Å². The first-order valence-electron chi connectivity index (χ1n) is 8.24. The molecule has 2 rings (SSSR count). The summed E-state index contributed by atoms with van der Waals surface area (Å²) in [7, 11) is 5.72. The van der Waals surface area contributed by atoms with Crippen LogP contribution in [0.3, 0.4) is 0 Å². The van der Waals surface area contributed by atoms with Crippen molar-refractivity contribution in [1.82, 2.24) is 10.2 Å². The lowest BCUT2D eigenvalue weighted by atomic mass is 10.0. The minimum Gasteiger partial charge on any atom is -0.496 e. The molecule has 1 N–H and O–H groups in total. The lowest BCUT2D eigenvalue weighted by Crippen LogP contribution is -2.38. The van der Waals surface area contributed by atoms with E-state index in [1.807, 2.05) is 55.4 Å². The summed E-state index contributed by atoms with van der Waals surface area (Å²) in [6, 6.07) is 18.4. The van der Waals surface area contributed by atoms with Gasteiger partial charge in [0.25, 0.3) is 0 Å². The summed E-state index contributed by atoms with van der Waals surface area (Å²) < 4.78 is 5.46. The lowest BCUT2D eigenvalue weighted by Gasteiger charge is -2.21. The van der Waals surface area contributed by atoms with Crippen LogP contribution in [0.25, 0.3) is 0 Å². The zero-order valence-electron chi connectivity index (χ0n) is 15.4. The van der Waals surface area contributed by atoms with Crippen LogP contribution in [-0.2, 0) is 6.54 Å². The largest absolute Gasteiger partial charge is 0.496 e. The van der Waals surface area contributed by atoms with Crippen LogP contribution < -0.4 is 10.1 Å². The first kappa shape index (κ1) is 21.3. The number of nitrogens with zero attached hydrogens (tertiary/aromatic N) is 2. The van der Waals surface area contributed by atoms with Gasteiger partial charge in [-0.3, -0.25) is 0 Å². The van der Waals surface area contributed by atoms with Gasteiger partial charge in [-0.2, -0.15) is 0 Å². The number of rotatable bonds is 6. The van der Waals surface area contributed by atoms with Gasteiger partial charge >= 0.3 is 0 Å². The van der Waals surface area contributed by atoms with Crippen LogP contribution in [-0.4, -0.2) is 38.6 Å². The molecule has 0 aliphatic rings. The fourth-order valence-corrected chi connectivity index (χ4v) is 2.53. The molecule has 2 aromatic carbocycles. The van der Waals surface area contributed by atoms with Gasteiger partial charge in [0.2, 0.25) is 0 Å². The molecule has 5 heteroatoms. The maximum Gasteiger partial charge on any atom is 0.193 e. The summed E-state index contributed by atoms with van der Waals surface area (Å²) in [6.45, 7) is 3.66. The molecular weight excluding hydrogens is 425 g/mol. The minimum absolute atomic E-state index is 0. The van der Waals surface area contributed by atoms with E-state index in [1.54, 1.807) is 7.11 Å². The predicted molar refractivity (Wildman–Crippen MR) is 116 cm³/mol. The van der Waals surface area contributed by atoms with Gasteiger partial charge in [0, 0.05) is 26.6 Å². The number of aliphatic imine (C=N–C) groups is 1. The van der Waals surface area contributed by atoms with E-state index in [2.05, 4.69) is 30.4 Å². The summed E-state index contributed by atoms with van der Waals surface area (Å²) in [5, 5.41) is 3.46. The van der Waals surface area contributed by atoms with Crippen LogP contribution in [0.15, 0.2) is 59.6 Å². The van der Waals surface area contributed by atoms with Crippen LogP contribution in [0.2, 0.25) is 0 Å². The average Bonchev–Trinajstić information content (AvgIpc) is 2.62. The Hall–Kier alpha value is -1.76. The molecule has 4 nitrogen and oxygen atoms in total. The summed E-state index contributed by atoms with van der Waals surface area (Å²) in [6.07, 6.45) is 0. The number of halogens is 1. The van der Waals surface area contributed by atoms with Crippen molar-refractivity contribution >= 4 is 29.9 Å². The number of hydrogen-bond donors (Lipinski definition) is 1. The second kappa shape index (κ2) is 11.0. The highest BCUT2D eigenvalue weighted by molar-refractivity contribution is 14.0. The molecule has 2 aromatic rings. The Kier molecular flexibility index (Phi) is 9.34. The van der Waals surface area contributed by atoms with Gasteiger partial charge in [-0.05, 0) is 17.2 Å². The SMILES string of the molecule is COc1ccccc1C(C)CNC(=NCc1ccccc1)N(C)C.I. The van der Waals surface area contributed by atoms with E-state index in [-0.39, 0.29) is 24.0 Å². The molecular formula is C20H28IN3O. The van der Waals surface area contributed by atoms with Crippen LogP contribution in [0.4, 0.5) is 0 Å². The molecule has 0 aliphatic heterocycles. The number of nitrogens with one attached hydrogen (secondary N) is 1. The number of guanidine groups is 1. The molecule has 0 fully saturated rings. The Balaban J connectivity index is 0.00000312. The third-order valence-corrected chi connectivity index (χ3v) is 3.91. The van der Waals surface area contributed by atoms with Crippen LogP contribution in [0.1, 0.15) is 24.0 Å². The monoisotopic (exact) mass is 453 g/mol. The number of hydrogen-bond acceptors (Lipinski definition) is 2. The number of ether oxygens (including phenoxy) is 1. The Bertz CT molecular complexity index is 659. The summed E-state index contributed by atoms with van der Waals surface area (Å²) in [5.74, 6) is 2.14. The Morgan fingerprint density at radius 1 is 1.08 bits per heavy atom. The zero-order valence-corrected chi connectivity index (χ0v) is 17.7. The quantitative estimate of drug-likeness (QED) is 0.406. The highest BCUT2D eigenvalue weighted by atomic mass is 127. The minimum atomic E-state index is 0. The molecule has 0 saturated heterocycles. The molecule has 1 atom stereocenters. The summed E-state index contributed by atoms with van der Waals surface area (Å²) >= 11 is 0. The van der Waals surface area contributed by atoms with Gasteiger partial charge in [-0.25, -0.2) is 4.99 Å². The number of methoxy groups -OCH3 is 1. The molecule has 0 spiro atoms. The van der Waals surface area contributed by atoms with Crippen molar-refractivity contribution in [3.63, 3.8) is 0 Å². The number of benzene rings is 2. The summed E-state index contributed by atoms with van der Waals surface area (Å²) in [4.78, 5) is 6.71. The fourth-order valence-electron chi connectivity index (χ4n) is 2.53. The Morgan fingerprint density at radius 3 is 2.36 bits per heavy atom. The van der Waals surface area contributed by atoms with Gasteiger partial charge < -0.3 is 15.0 Å². The van der Waals surface area contributed by atoms with Crippen LogP contribution in [0.5, 0.6) is 5.75 Å². The molecule has 25 heavy (non-hydrogen) atoms. The van der Waals surface area contributed by atoms with Gasteiger partial charge in [-0.15, -0.1) is 24.0 Å². The van der Waals surface area contributed by atoms with Crippen molar-refractivity contribution in [2.75, 3.05) is 27.7 Å². The third-order valence-electron chi connectivity index (χ3n) is 3.91. The van der Waals surface area contributed by atoms with Crippen LogP contribution in [0, 0.1) is 0 Å². The normalized spacial score (nSPS) is 12.1. The zero-order chi connectivity index (χ0) is 17.4. The second-order valence-electron chi connectivity index (χ2n) is 6.04. The molecule has 0 aromatic heterocycles. The second-order valence-corrected chi connectivity index (χ2v) is 6.04. The molecule has 0 saturated carbocycles. The van der Waals surface area contributed by atoms with E-state index in [9.17, 15) is 0 Å². The average molecular weight is 453 g/mol. The first-order chi connectivity index (χ1) is 11.6. The first-order valence-corrected chi connectivity index (χ1v) is 8.24. The summed E-state index contributed by atoms with van der Waals surface area (Å²) in [5.41, 5.74) is 2.41. The van der Waals surface area contributed by atoms with Crippen molar-refractivity contribution < 1.29 is 4.74 Å². The Labute approximate surface area is 168 Å². The van der Waals surface area contributed by atoms with E-state index in [0.29, 0.717) is 12.5 Å². The van der Waals surface area contributed by atoms with E-state index in [1.165, 1.54) is 11.1 Å². The van der Waals surface area contributed by atoms with Crippen molar-refractivity contribution in [1.29, 1.82) is 0 Å².